The van der Waals surface area contributed by atoms with Crippen LogP contribution in [0.25, 0.3) is 5.69 Å². The van der Waals surface area contributed by atoms with Gasteiger partial charge in [0.25, 0.3) is 5.91 Å². The van der Waals surface area contributed by atoms with E-state index < -0.39 is 5.92 Å². The number of aromatic nitrogens is 4. The molecule has 1 amide bonds. The first-order valence-electron chi connectivity index (χ1n) is 9.04. The van der Waals surface area contributed by atoms with Gasteiger partial charge in [0.05, 0.1) is 17.7 Å². The zero-order valence-electron chi connectivity index (χ0n) is 15.6. The Balaban J connectivity index is 1.55. The van der Waals surface area contributed by atoms with Gasteiger partial charge in [0.15, 0.2) is 0 Å². The molecule has 0 saturated carbocycles. The molecule has 1 heterocycles. The number of hydrogen-bond donors (Lipinski definition) is 1. The molecule has 1 atom stereocenters. The summed E-state index contributed by atoms with van der Waals surface area (Å²) < 4.78 is 1.47. The van der Waals surface area contributed by atoms with Crippen molar-refractivity contribution in [2.75, 3.05) is 5.32 Å². The molecule has 0 aliphatic carbocycles. The molecule has 1 aromatic heterocycles. The number of tetrazole rings is 1. The molecule has 0 spiro atoms. The Morgan fingerprint density at radius 2 is 1.90 bits per heavy atom. The summed E-state index contributed by atoms with van der Waals surface area (Å²) in [5.74, 6) is -0.787. The summed E-state index contributed by atoms with van der Waals surface area (Å²) in [6, 6.07) is 23.8. The van der Waals surface area contributed by atoms with Crippen molar-refractivity contribution in [1.82, 2.24) is 20.2 Å². The highest BCUT2D eigenvalue weighted by Crippen LogP contribution is 2.32. The Labute approximate surface area is 177 Å². The molecule has 1 N–H and O–H groups in total. The number of nitriles is 1. The van der Waals surface area contributed by atoms with Gasteiger partial charge < -0.3 is 5.32 Å². The second kappa shape index (κ2) is 8.55. The smallest absolute Gasteiger partial charge is 0.255 e. The first-order valence-corrected chi connectivity index (χ1v) is 9.42. The van der Waals surface area contributed by atoms with Gasteiger partial charge in [-0.25, -0.2) is 4.68 Å². The average molecular weight is 415 g/mol. The third-order valence-electron chi connectivity index (χ3n) is 4.55. The van der Waals surface area contributed by atoms with E-state index in [0.29, 0.717) is 27.5 Å². The van der Waals surface area contributed by atoms with E-state index >= 15 is 0 Å². The number of hydrogen-bond acceptors (Lipinski definition) is 5. The molecule has 0 saturated heterocycles. The van der Waals surface area contributed by atoms with Crippen molar-refractivity contribution in [2.24, 2.45) is 0 Å². The number of carbonyl (C=O) groups is 1. The Kier molecular flexibility index (Phi) is 5.50. The summed E-state index contributed by atoms with van der Waals surface area (Å²) >= 11 is 6.45. The highest BCUT2D eigenvalue weighted by atomic mass is 35.5. The fraction of sp³-hybridized carbons (Fsp3) is 0.0455. The number of nitrogens with one attached hydrogen (secondary N) is 1. The number of carbonyl (C=O) groups excluding carboxylic acids is 1. The zero-order chi connectivity index (χ0) is 20.9. The topological polar surface area (TPSA) is 96.5 Å². The molecule has 0 fully saturated rings. The first-order chi connectivity index (χ1) is 14.7. The quantitative estimate of drug-likeness (QED) is 0.527. The number of amides is 1. The maximum absolute atomic E-state index is 12.7. The molecule has 0 bridgehead atoms. The summed E-state index contributed by atoms with van der Waals surface area (Å²) in [4.78, 5) is 12.7. The summed E-state index contributed by atoms with van der Waals surface area (Å²) in [6.45, 7) is 0. The van der Waals surface area contributed by atoms with Crippen LogP contribution in [0.5, 0.6) is 0 Å². The molecule has 4 aromatic rings. The molecule has 0 aliphatic heterocycles. The van der Waals surface area contributed by atoms with E-state index in [-0.39, 0.29) is 5.91 Å². The number of anilines is 1. The molecular formula is C22H15ClN6O. The third kappa shape index (κ3) is 4.04. The molecule has 3 aromatic carbocycles. The number of rotatable bonds is 5. The van der Waals surface area contributed by atoms with Crippen LogP contribution < -0.4 is 5.32 Å². The predicted octanol–water partition coefficient (Wildman–Crippen LogP) is 4.22. The van der Waals surface area contributed by atoms with E-state index in [0.717, 1.165) is 5.56 Å². The van der Waals surface area contributed by atoms with Crippen LogP contribution in [0.4, 0.5) is 5.69 Å². The minimum Gasteiger partial charge on any atom is -0.322 e. The largest absolute Gasteiger partial charge is 0.322 e. The minimum atomic E-state index is -0.489. The first kappa shape index (κ1) is 19.3. The Hall–Kier alpha value is -4.02. The second-order valence-corrected chi connectivity index (χ2v) is 6.88. The highest BCUT2D eigenvalue weighted by molar-refractivity contribution is 6.32. The van der Waals surface area contributed by atoms with E-state index in [2.05, 4.69) is 26.9 Å². The fourth-order valence-electron chi connectivity index (χ4n) is 3.08. The number of benzene rings is 3. The van der Waals surface area contributed by atoms with Crippen LogP contribution in [0.1, 0.15) is 27.4 Å². The van der Waals surface area contributed by atoms with Crippen molar-refractivity contribution in [3.05, 3.63) is 101 Å². The van der Waals surface area contributed by atoms with Gasteiger partial charge in [-0.05, 0) is 51.9 Å². The van der Waals surface area contributed by atoms with E-state index in [4.69, 9.17) is 11.6 Å². The fourth-order valence-corrected chi connectivity index (χ4v) is 3.37. The van der Waals surface area contributed by atoms with Crippen molar-refractivity contribution in [2.45, 2.75) is 5.92 Å². The van der Waals surface area contributed by atoms with E-state index in [9.17, 15) is 10.1 Å². The summed E-state index contributed by atoms with van der Waals surface area (Å²) in [5, 5.41) is 23.9. The molecule has 0 aliphatic rings. The SMILES string of the molecule is N#CC(c1ccccc1)c1ccc(NC(=O)c2cccc(-n3cnnn3)c2)cc1Cl. The van der Waals surface area contributed by atoms with Crippen molar-refractivity contribution >= 4 is 23.2 Å². The molecule has 4 rings (SSSR count). The van der Waals surface area contributed by atoms with E-state index in [1.165, 1.54) is 11.0 Å². The standard InChI is InChI=1S/C22H15ClN6O/c23-21-12-17(9-10-19(21)20(13-24)15-5-2-1-3-6-15)26-22(30)16-7-4-8-18(11-16)29-14-25-27-28-29/h1-12,14,20H,(H,26,30). The lowest BCUT2D eigenvalue weighted by Crippen LogP contribution is -2.12. The van der Waals surface area contributed by atoms with Gasteiger partial charge in [0.2, 0.25) is 0 Å². The maximum atomic E-state index is 12.7. The molecule has 30 heavy (non-hydrogen) atoms. The molecule has 1 unspecified atom stereocenters. The van der Waals surface area contributed by atoms with E-state index in [1.807, 2.05) is 30.3 Å². The van der Waals surface area contributed by atoms with Gasteiger partial charge in [-0.15, -0.1) is 5.10 Å². The van der Waals surface area contributed by atoms with Crippen molar-refractivity contribution in [3.63, 3.8) is 0 Å². The van der Waals surface area contributed by atoms with Gasteiger partial charge in [0.1, 0.15) is 6.33 Å². The van der Waals surface area contributed by atoms with Crippen LogP contribution in [0.3, 0.4) is 0 Å². The van der Waals surface area contributed by atoms with Crippen molar-refractivity contribution in [1.29, 1.82) is 5.26 Å². The van der Waals surface area contributed by atoms with Crippen LogP contribution in [-0.4, -0.2) is 26.1 Å². The van der Waals surface area contributed by atoms with Gasteiger partial charge in [0, 0.05) is 16.3 Å². The Bertz CT molecular complexity index is 1220. The molecular weight excluding hydrogens is 400 g/mol. The molecule has 8 heteroatoms. The summed E-state index contributed by atoms with van der Waals surface area (Å²) in [5.41, 5.74) is 3.19. The van der Waals surface area contributed by atoms with Gasteiger partial charge in [-0.3, -0.25) is 4.79 Å². The van der Waals surface area contributed by atoms with Crippen LogP contribution in [0.2, 0.25) is 5.02 Å². The Morgan fingerprint density at radius 3 is 2.60 bits per heavy atom. The van der Waals surface area contributed by atoms with Gasteiger partial charge in [-0.1, -0.05) is 54.1 Å². The lowest BCUT2D eigenvalue weighted by molar-refractivity contribution is 0.102. The second-order valence-electron chi connectivity index (χ2n) is 6.47. The van der Waals surface area contributed by atoms with Crippen molar-refractivity contribution in [3.8, 4) is 11.8 Å². The molecule has 7 nitrogen and oxygen atoms in total. The molecule has 0 radical (unpaired) electrons. The average Bonchev–Trinajstić information content (AvgIpc) is 3.32. The zero-order valence-corrected chi connectivity index (χ0v) is 16.4. The van der Waals surface area contributed by atoms with Crippen LogP contribution in [-0.2, 0) is 0 Å². The maximum Gasteiger partial charge on any atom is 0.255 e. The minimum absolute atomic E-state index is 0.298. The van der Waals surface area contributed by atoms with Crippen LogP contribution in [0, 0.1) is 11.3 Å². The van der Waals surface area contributed by atoms with Crippen LogP contribution in [0.15, 0.2) is 79.1 Å². The van der Waals surface area contributed by atoms with Gasteiger partial charge >= 0.3 is 0 Å². The summed E-state index contributed by atoms with van der Waals surface area (Å²) in [7, 11) is 0. The Morgan fingerprint density at radius 1 is 1.07 bits per heavy atom. The lowest BCUT2D eigenvalue weighted by Gasteiger charge is -2.14. The van der Waals surface area contributed by atoms with Crippen LogP contribution >= 0.6 is 11.6 Å². The number of nitrogens with zero attached hydrogens (tertiary/aromatic N) is 5. The molecule has 146 valence electrons. The number of halogens is 1. The third-order valence-corrected chi connectivity index (χ3v) is 4.88. The normalized spacial score (nSPS) is 11.5. The monoisotopic (exact) mass is 414 g/mol. The lowest BCUT2D eigenvalue weighted by atomic mass is 9.92. The summed E-state index contributed by atoms with van der Waals surface area (Å²) in [6.07, 6.45) is 1.45. The van der Waals surface area contributed by atoms with E-state index in [1.54, 1.807) is 42.5 Å². The predicted molar refractivity (Wildman–Crippen MR) is 112 cm³/mol. The highest BCUT2D eigenvalue weighted by Gasteiger charge is 2.17. The van der Waals surface area contributed by atoms with Gasteiger partial charge in [-0.2, -0.15) is 5.26 Å². The van der Waals surface area contributed by atoms with Crippen molar-refractivity contribution < 1.29 is 4.79 Å².